The number of rotatable bonds is 7. The van der Waals surface area contributed by atoms with E-state index < -0.39 is 22.5 Å². The highest BCUT2D eigenvalue weighted by atomic mass is 35.5. The zero-order valence-electron chi connectivity index (χ0n) is 21.0. The third kappa shape index (κ3) is 6.49. The lowest BCUT2D eigenvalue weighted by Gasteiger charge is -2.25. The molecule has 0 unspecified atom stereocenters. The molecule has 0 saturated carbocycles. The molecule has 200 valence electrons. The molecule has 3 aromatic rings. The molecule has 1 heterocycles. The lowest BCUT2D eigenvalue weighted by Crippen LogP contribution is -2.38. The van der Waals surface area contributed by atoms with E-state index in [1.54, 1.807) is 36.4 Å². The molecule has 0 atom stereocenters. The summed E-state index contributed by atoms with van der Waals surface area (Å²) in [5.41, 5.74) is 1.77. The minimum atomic E-state index is -4.14. The SMILES string of the molecule is Cc1ccc(S(=O)(=O)N(CC(=O)Nc2ccccc2C(=O)N2CCCCCC2)c2ccc(Cl)c(Cl)c2)cc1. The molecule has 3 aromatic carbocycles. The van der Waals surface area contributed by atoms with Crippen molar-refractivity contribution in [3.63, 3.8) is 0 Å². The Morgan fingerprint density at radius 3 is 2.21 bits per heavy atom. The Morgan fingerprint density at radius 1 is 0.895 bits per heavy atom. The van der Waals surface area contributed by atoms with Crippen molar-refractivity contribution in [3.05, 3.63) is 87.9 Å². The van der Waals surface area contributed by atoms with E-state index in [1.165, 1.54) is 30.3 Å². The van der Waals surface area contributed by atoms with E-state index in [1.807, 2.05) is 11.8 Å². The van der Waals surface area contributed by atoms with Crippen LogP contribution < -0.4 is 9.62 Å². The maximum absolute atomic E-state index is 13.7. The Kier molecular flexibility index (Phi) is 8.97. The van der Waals surface area contributed by atoms with Crippen LogP contribution in [-0.2, 0) is 14.8 Å². The standard InChI is InChI=1S/C28H29Cl2N3O4S/c1-20-10-13-22(14-11-20)38(36,37)33(21-12-15-24(29)25(30)18-21)19-27(34)31-26-9-5-4-8-23(26)28(35)32-16-6-2-3-7-17-32/h4-5,8-15,18H,2-3,6-7,16-17,19H2,1H3,(H,31,34). The predicted molar refractivity (Wildman–Crippen MR) is 152 cm³/mol. The van der Waals surface area contributed by atoms with Crippen LogP contribution in [0.5, 0.6) is 0 Å². The zero-order chi connectivity index (χ0) is 27.3. The van der Waals surface area contributed by atoms with Gasteiger partial charge < -0.3 is 10.2 Å². The number of para-hydroxylation sites is 1. The molecular formula is C28H29Cl2N3O4S. The number of anilines is 2. The number of amides is 2. The number of likely N-dealkylation sites (tertiary alicyclic amines) is 1. The molecule has 1 saturated heterocycles. The van der Waals surface area contributed by atoms with Gasteiger partial charge in [0, 0.05) is 13.1 Å². The molecule has 1 aliphatic heterocycles. The van der Waals surface area contributed by atoms with Crippen molar-refractivity contribution in [2.75, 3.05) is 29.3 Å². The number of halogens is 2. The lowest BCUT2D eigenvalue weighted by molar-refractivity contribution is -0.114. The van der Waals surface area contributed by atoms with Gasteiger partial charge in [0.15, 0.2) is 0 Å². The molecule has 1 fully saturated rings. The molecule has 1 N–H and O–H groups in total. The fourth-order valence-corrected chi connectivity index (χ4v) is 6.04. The smallest absolute Gasteiger partial charge is 0.264 e. The van der Waals surface area contributed by atoms with Gasteiger partial charge in [-0.15, -0.1) is 0 Å². The molecule has 0 bridgehead atoms. The van der Waals surface area contributed by atoms with Crippen molar-refractivity contribution in [1.82, 2.24) is 4.90 Å². The average molecular weight is 575 g/mol. The molecule has 7 nitrogen and oxygen atoms in total. The maximum atomic E-state index is 13.7. The van der Waals surface area contributed by atoms with Crippen LogP contribution in [0.4, 0.5) is 11.4 Å². The monoisotopic (exact) mass is 573 g/mol. The van der Waals surface area contributed by atoms with Gasteiger partial charge in [-0.1, -0.05) is 65.9 Å². The Morgan fingerprint density at radius 2 is 1.55 bits per heavy atom. The average Bonchev–Trinajstić information content (AvgIpc) is 3.19. The van der Waals surface area contributed by atoms with Crippen molar-refractivity contribution in [2.24, 2.45) is 0 Å². The number of hydrogen-bond acceptors (Lipinski definition) is 4. The number of carbonyl (C=O) groups excluding carboxylic acids is 2. The molecule has 0 spiro atoms. The van der Waals surface area contributed by atoms with E-state index in [9.17, 15) is 18.0 Å². The quantitative estimate of drug-likeness (QED) is 0.367. The zero-order valence-corrected chi connectivity index (χ0v) is 23.3. The molecule has 4 rings (SSSR count). The Balaban J connectivity index is 1.63. The summed E-state index contributed by atoms with van der Waals surface area (Å²) in [6.07, 6.45) is 4.05. The minimum Gasteiger partial charge on any atom is -0.339 e. The third-order valence-corrected chi connectivity index (χ3v) is 8.94. The highest BCUT2D eigenvalue weighted by Gasteiger charge is 2.28. The molecule has 0 aliphatic carbocycles. The third-order valence-electron chi connectivity index (χ3n) is 6.41. The summed E-state index contributed by atoms with van der Waals surface area (Å²) in [6.45, 7) is 2.65. The Labute approximate surface area is 233 Å². The molecular weight excluding hydrogens is 545 g/mol. The highest BCUT2D eigenvalue weighted by Crippen LogP contribution is 2.31. The van der Waals surface area contributed by atoms with E-state index in [0.717, 1.165) is 35.6 Å². The fourth-order valence-electron chi connectivity index (χ4n) is 4.34. The van der Waals surface area contributed by atoms with Gasteiger partial charge in [0.05, 0.1) is 31.9 Å². The molecule has 1 aliphatic rings. The number of hydrogen-bond donors (Lipinski definition) is 1. The maximum Gasteiger partial charge on any atom is 0.264 e. The van der Waals surface area contributed by atoms with Crippen LogP contribution in [-0.4, -0.2) is 44.8 Å². The summed E-state index contributed by atoms with van der Waals surface area (Å²) in [6, 6.07) is 17.5. The van der Waals surface area contributed by atoms with Crippen LogP contribution in [0.1, 0.15) is 41.6 Å². The number of carbonyl (C=O) groups is 2. The normalized spacial score (nSPS) is 14.0. The first-order valence-electron chi connectivity index (χ1n) is 12.4. The second-order valence-corrected chi connectivity index (χ2v) is 11.9. The van der Waals surface area contributed by atoms with Crippen molar-refractivity contribution >= 4 is 56.4 Å². The number of sulfonamides is 1. The molecule has 10 heteroatoms. The first-order valence-corrected chi connectivity index (χ1v) is 14.6. The molecule has 0 aromatic heterocycles. The largest absolute Gasteiger partial charge is 0.339 e. The summed E-state index contributed by atoms with van der Waals surface area (Å²) >= 11 is 12.2. The predicted octanol–water partition coefficient (Wildman–Crippen LogP) is 6.15. The van der Waals surface area contributed by atoms with Gasteiger partial charge in [-0.25, -0.2) is 8.42 Å². The molecule has 0 radical (unpaired) electrons. The van der Waals surface area contributed by atoms with Crippen LogP contribution in [0.15, 0.2) is 71.6 Å². The number of nitrogens with one attached hydrogen (secondary N) is 1. The van der Waals surface area contributed by atoms with Crippen LogP contribution in [0.2, 0.25) is 10.0 Å². The van der Waals surface area contributed by atoms with E-state index in [4.69, 9.17) is 23.2 Å². The van der Waals surface area contributed by atoms with Crippen LogP contribution in [0.25, 0.3) is 0 Å². The summed E-state index contributed by atoms with van der Waals surface area (Å²) in [5.74, 6) is -0.765. The first kappa shape index (κ1) is 28.0. The first-order chi connectivity index (χ1) is 18.2. The topological polar surface area (TPSA) is 86.8 Å². The van der Waals surface area contributed by atoms with Gasteiger partial charge in [-0.2, -0.15) is 0 Å². The molecule has 2 amide bonds. The van der Waals surface area contributed by atoms with Gasteiger partial charge in [-0.05, 0) is 62.2 Å². The van der Waals surface area contributed by atoms with Crippen LogP contribution in [0, 0.1) is 6.92 Å². The van der Waals surface area contributed by atoms with Crippen molar-refractivity contribution in [1.29, 1.82) is 0 Å². The summed E-state index contributed by atoms with van der Waals surface area (Å²) in [7, 11) is -4.14. The Hall–Kier alpha value is -3.07. The van der Waals surface area contributed by atoms with Gasteiger partial charge >= 0.3 is 0 Å². The van der Waals surface area contributed by atoms with E-state index in [0.29, 0.717) is 24.3 Å². The van der Waals surface area contributed by atoms with Gasteiger partial charge in [-0.3, -0.25) is 13.9 Å². The van der Waals surface area contributed by atoms with E-state index >= 15 is 0 Å². The molecule has 38 heavy (non-hydrogen) atoms. The fraction of sp³-hybridized carbons (Fsp3) is 0.286. The number of benzene rings is 3. The summed E-state index contributed by atoms with van der Waals surface area (Å²) < 4.78 is 28.3. The van der Waals surface area contributed by atoms with Crippen molar-refractivity contribution < 1.29 is 18.0 Å². The van der Waals surface area contributed by atoms with Gasteiger partial charge in [0.1, 0.15) is 6.54 Å². The van der Waals surface area contributed by atoms with E-state index in [-0.39, 0.29) is 26.5 Å². The van der Waals surface area contributed by atoms with E-state index in [2.05, 4.69) is 5.32 Å². The van der Waals surface area contributed by atoms with Crippen LogP contribution in [0.3, 0.4) is 0 Å². The summed E-state index contributed by atoms with van der Waals surface area (Å²) in [5, 5.41) is 3.17. The Bertz CT molecular complexity index is 1420. The van der Waals surface area contributed by atoms with Crippen LogP contribution >= 0.6 is 23.2 Å². The second kappa shape index (κ2) is 12.2. The lowest BCUT2D eigenvalue weighted by atomic mass is 10.1. The number of aryl methyl sites for hydroxylation is 1. The van der Waals surface area contributed by atoms with Gasteiger partial charge in [0.2, 0.25) is 5.91 Å². The highest BCUT2D eigenvalue weighted by molar-refractivity contribution is 7.92. The minimum absolute atomic E-state index is 0.0266. The van der Waals surface area contributed by atoms with Gasteiger partial charge in [0.25, 0.3) is 15.9 Å². The summed E-state index contributed by atoms with van der Waals surface area (Å²) in [4.78, 5) is 28.4. The number of nitrogens with zero attached hydrogens (tertiary/aromatic N) is 2. The van der Waals surface area contributed by atoms with Crippen molar-refractivity contribution in [2.45, 2.75) is 37.5 Å². The second-order valence-electron chi connectivity index (χ2n) is 9.22. The van der Waals surface area contributed by atoms with Crippen molar-refractivity contribution in [3.8, 4) is 0 Å².